The van der Waals surface area contributed by atoms with E-state index < -0.39 is 0 Å². The lowest BCUT2D eigenvalue weighted by Gasteiger charge is -2.33. The maximum atomic E-state index is 6.28. The highest BCUT2D eigenvalue weighted by atomic mass is 35.5. The molecule has 8 heteroatoms. The SMILES string of the molecule is Cc1cncnc1N1CCC(c2nnc3n2-c2ccc(Cl)cc2CN(C)C3)CC1. The number of piperidine rings is 1. The number of hydrogen-bond donors (Lipinski definition) is 0. The second kappa shape index (κ2) is 7.39. The van der Waals surface area contributed by atoms with Crippen LogP contribution in [-0.4, -0.2) is 49.8 Å². The minimum absolute atomic E-state index is 0.376. The first-order valence-electron chi connectivity index (χ1n) is 10.0. The lowest BCUT2D eigenvalue weighted by atomic mass is 9.95. The van der Waals surface area contributed by atoms with Crippen molar-refractivity contribution in [3.05, 3.63) is 58.5 Å². The van der Waals surface area contributed by atoms with Crippen LogP contribution in [0, 0.1) is 6.92 Å². The molecular formula is C21H24ClN7. The average molecular weight is 410 g/mol. The van der Waals surface area contributed by atoms with Crippen molar-refractivity contribution in [2.45, 2.75) is 38.8 Å². The van der Waals surface area contributed by atoms with Crippen LogP contribution in [0.5, 0.6) is 0 Å². The maximum Gasteiger partial charge on any atom is 0.151 e. The van der Waals surface area contributed by atoms with E-state index in [9.17, 15) is 0 Å². The molecule has 0 spiro atoms. The summed E-state index contributed by atoms with van der Waals surface area (Å²) in [6, 6.07) is 6.12. The normalized spacial score (nSPS) is 17.7. The number of halogens is 1. The average Bonchev–Trinajstić information content (AvgIpc) is 3.06. The fraction of sp³-hybridized carbons (Fsp3) is 0.429. The van der Waals surface area contributed by atoms with Crippen molar-refractivity contribution in [2.75, 3.05) is 25.0 Å². The summed E-state index contributed by atoms with van der Waals surface area (Å²) in [6.07, 6.45) is 5.57. The summed E-state index contributed by atoms with van der Waals surface area (Å²) in [5.41, 5.74) is 3.49. The summed E-state index contributed by atoms with van der Waals surface area (Å²) in [5, 5.41) is 9.97. The number of aryl methyl sites for hydroxylation is 1. The Balaban J connectivity index is 1.45. The van der Waals surface area contributed by atoms with Crippen molar-refractivity contribution in [3.63, 3.8) is 0 Å². The zero-order valence-corrected chi connectivity index (χ0v) is 17.5. The molecule has 2 aromatic heterocycles. The molecule has 0 bridgehead atoms. The van der Waals surface area contributed by atoms with E-state index in [4.69, 9.17) is 11.6 Å². The molecule has 3 aromatic rings. The Labute approximate surface area is 175 Å². The highest BCUT2D eigenvalue weighted by Gasteiger charge is 2.30. The minimum Gasteiger partial charge on any atom is -0.356 e. The number of nitrogens with zero attached hydrogens (tertiary/aromatic N) is 7. The third-order valence-corrected chi connectivity index (χ3v) is 6.15. The Morgan fingerprint density at radius 3 is 2.72 bits per heavy atom. The molecule has 150 valence electrons. The molecule has 1 saturated heterocycles. The van der Waals surface area contributed by atoms with E-state index in [0.29, 0.717) is 5.92 Å². The monoisotopic (exact) mass is 409 g/mol. The van der Waals surface area contributed by atoms with Crippen LogP contribution in [0.25, 0.3) is 5.69 Å². The summed E-state index contributed by atoms with van der Waals surface area (Å²) in [4.78, 5) is 13.2. The van der Waals surface area contributed by atoms with Gasteiger partial charge in [-0.25, -0.2) is 9.97 Å². The van der Waals surface area contributed by atoms with E-state index in [2.05, 4.69) is 60.6 Å². The molecular weight excluding hydrogens is 386 g/mol. The number of aromatic nitrogens is 5. The predicted molar refractivity (Wildman–Crippen MR) is 112 cm³/mol. The number of anilines is 1. The molecule has 0 atom stereocenters. The van der Waals surface area contributed by atoms with E-state index in [-0.39, 0.29) is 0 Å². The molecule has 2 aliphatic rings. The third kappa shape index (κ3) is 3.38. The van der Waals surface area contributed by atoms with Gasteiger partial charge in [-0.15, -0.1) is 10.2 Å². The summed E-state index contributed by atoms with van der Waals surface area (Å²) >= 11 is 6.28. The molecule has 7 nitrogen and oxygen atoms in total. The fourth-order valence-corrected chi connectivity index (χ4v) is 4.71. The van der Waals surface area contributed by atoms with E-state index in [1.165, 1.54) is 5.56 Å². The first kappa shape index (κ1) is 18.5. The van der Waals surface area contributed by atoms with Gasteiger partial charge in [-0.3, -0.25) is 9.47 Å². The standard InChI is InChI=1S/C21H24ClN7/c1-14-10-23-13-24-20(14)28-7-5-15(6-8-28)21-26-25-19-12-27(2)11-16-9-17(22)3-4-18(16)29(19)21/h3-4,9-10,13,15H,5-8,11-12H2,1-2H3. The van der Waals surface area contributed by atoms with Crippen molar-refractivity contribution in [2.24, 2.45) is 0 Å². The van der Waals surface area contributed by atoms with Crippen LogP contribution in [0.3, 0.4) is 0 Å². The number of fused-ring (bicyclic) bond motifs is 3. The molecule has 2 aliphatic heterocycles. The Hall–Kier alpha value is -2.51. The Morgan fingerprint density at radius 1 is 1.10 bits per heavy atom. The highest BCUT2D eigenvalue weighted by Crippen LogP contribution is 2.34. The molecule has 4 heterocycles. The molecule has 0 saturated carbocycles. The van der Waals surface area contributed by atoms with Gasteiger partial charge in [0.2, 0.25) is 0 Å². The smallest absolute Gasteiger partial charge is 0.151 e. The van der Waals surface area contributed by atoms with Gasteiger partial charge in [0.15, 0.2) is 5.82 Å². The van der Waals surface area contributed by atoms with Gasteiger partial charge in [0.1, 0.15) is 18.0 Å². The van der Waals surface area contributed by atoms with Gasteiger partial charge in [-0.2, -0.15) is 0 Å². The van der Waals surface area contributed by atoms with Crippen LogP contribution < -0.4 is 4.90 Å². The largest absolute Gasteiger partial charge is 0.356 e. The molecule has 0 N–H and O–H groups in total. The molecule has 5 rings (SSSR count). The molecule has 0 amide bonds. The van der Waals surface area contributed by atoms with Crippen molar-refractivity contribution < 1.29 is 0 Å². The number of hydrogen-bond acceptors (Lipinski definition) is 6. The van der Waals surface area contributed by atoms with Gasteiger partial charge >= 0.3 is 0 Å². The van der Waals surface area contributed by atoms with Crippen LogP contribution in [0.1, 0.15) is 41.5 Å². The van der Waals surface area contributed by atoms with Gasteiger partial charge in [-0.1, -0.05) is 11.6 Å². The topological polar surface area (TPSA) is 63.0 Å². The molecule has 1 aromatic carbocycles. The van der Waals surface area contributed by atoms with Crippen LogP contribution in [-0.2, 0) is 13.1 Å². The second-order valence-electron chi connectivity index (χ2n) is 8.05. The summed E-state index contributed by atoms with van der Waals surface area (Å²) in [5.74, 6) is 3.48. The third-order valence-electron chi connectivity index (χ3n) is 5.92. The van der Waals surface area contributed by atoms with E-state index in [1.54, 1.807) is 6.33 Å². The van der Waals surface area contributed by atoms with E-state index >= 15 is 0 Å². The molecule has 1 fully saturated rings. The van der Waals surface area contributed by atoms with Crippen molar-refractivity contribution in [3.8, 4) is 5.69 Å². The van der Waals surface area contributed by atoms with Gasteiger partial charge in [-0.05, 0) is 50.6 Å². The van der Waals surface area contributed by atoms with Crippen LogP contribution in [0.2, 0.25) is 5.02 Å². The summed E-state index contributed by atoms with van der Waals surface area (Å²) in [7, 11) is 2.11. The van der Waals surface area contributed by atoms with Crippen molar-refractivity contribution in [1.82, 2.24) is 29.6 Å². The summed E-state index contributed by atoms with van der Waals surface area (Å²) < 4.78 is 2.27. The second-order valence-corrected chi connectivity index (χ2v) is 8.48. The van der Waals surface area contributed by atoms with Gasteiger partial charge < -0.3 is 4.90 Å². The highest BCUT2D eigenvalue weighted by molar-refractivity contribution is 6.30. The number of rotatable bonds is 2. The molecule has 0 aliphatic carbocycles. The maximum absolute atomic E-state index is 6.28. The lowest BCUT2D eigenvalue weighted by Crippen LogP contribution is -2.34. The first-order valence-corrected chi connectivity index (χ1v) is 10.4. The van der Waals surface area contributed by atoms with Gasteiger partial charge in [0, 0.05) is 42.3 Å². The number of benzene rings is 1. The van der Waals surface area contributed by atoms with Crippen LogP contribution >= 0.6 is 11.6 Å². The molecule has 29 heavy (non-hydrogen) atoms. The van der Waals surface area contributed by atoms with Crippen LogP contribution in [0.15, 0.2) is 30.7 Å². The van der Waals surface area contributed by atoms with Gasteiger partial charge in [0.05, 0.1) is 12.2 Å². The van der Waals surface area contributed by atoms with Crippen molar-refractivity contribution in [1.29, 1.82) is 0 Å². The Morgan fingerprint density at radius 2 is 1.93 bits per heavy atom. The van der Waals surface area contributed by atoms with Crippen molar-refractivity contribution >= 4 is 17.4 Å². The Kier molecular flexibility index (Phi) is 4.72. The molecule has 0 radical (unpaired) electrons. The zero-order valence-electron chi connectivity index (χ0n) is 16.7. The first-order chi connectivity index (χ1) is 14.1. The van der Waals surface area contributed by atoms with E-state index in [0.717, 1.165) is 72.8 Å². The van der Waals surface area contributed by atoms with E-state index in [1.807, 2.05) is 12.3 Å². The lowest BCUT2D eigenvalue weighted by molar-refractivity contribution is 0.315. The quantitative estimate of drug-likeness (QED) is 0.646. The predicted octanol–water partition coefficient (Wildman–Crippen LogP) is 3.35. The fourth-order valence-electron chi connectivity index (χ4n) is 4.52. The summed E-state index contributed by atoms with van der Waals surface area (Å²) in [6.45, 7) is 5.61. The minimum atomic E-state index is 0.376. The Bertz CT molecular complexity index is 1040. The zero-order chi connectivity index (χ0) is 20.0. The van der Waals surface area contributed by atoms with Crippen LogP contribution in [0.4, 0.5) is 5.82 Å². The van der Waals surface area contributed by atoms with Gasteiger partial charge in [0.25, 0.3) is 0 Å². The molecule has 0 unspecified atom stereocenters.